The minimum absolute atomic E-state index is 0.462. The van der Waals surface area contributed by atoms with Gasteiger partial charge in [-0.1, -0.05) is 42.1 Å². The zero-order valence-corrected chi connectivity index (χ0v) is 16.5. The van der Waals surface area contributed by atoms with Crippen LogP contribution in [-0.2, 0) is 6.61 Å². The van der Waals surface area contributed by atoms with Crippen molar-refractivity contribution in [1.82, 2.24) is 9.97 Å². The maximum atomic E-state index is 6.07. The molecule has 0 aliphatic carbocycles. The lowest BCUT2D eigenvalue weighted by molar-refractivity contribution is 0.292. The molecule has 0 aliphatic heterocycles. The van der Waals surface area contributed by atoms with E-state index in [0.29, 0.717) is 17.6 Å². The minimum atomic E-state index is 0.462. The SMILES string of the molecule is CNc1nc(SC)nc(OCc2ccccc2)c1-c1cscc1Br. The predicted octanol–water partition coefficient (Wildman–Crippen LogP) is 5.31. The standard InChI is InChI=1S/C17H16BrN3OS2/c1-19-15-14(12-9-24-10-13(12)18)16(21-17(20-15)23-2)22-8-11-6-4-3-5-7-11/h3-7,9-10H,8H2,1-2H3,(H,19,20,21). The van der Waals surface area contributed by atoms with Crippen LogP contribution < -0.4 is 10.1 Å². The molecule has 4 nitrogen and oxygen atoms in total. The number of aromatic nitrogens is 2. The molecule has 0 radical (unpaired) electrons. The molecule has 0 unspecified atom stereocenters. The molecule has 2 heterocycles. The van der Waals surface area contributed by atoms with Crippen LogP contribution in [0.3, 0.4) is 0 Å². The molecule has 1 N–H and O–H groups in total. The third-order valence-electron chi connectivity index (χ3n) is 3.38. The molecule has 0 fully saturated rings. The second-order valence-electron chi connectivity index (χ2n) is 4.90. The molecule has 0 amide bonds. The summed E-state index contributed by atoms with van der Waals surface area (Å²) in [5.41, 5.74) is 3.00. The Morgan fingerprint density at radius 1 is 1.21 bits per heavy atom. The van der Waals surface area contributed by atoms with E-state index in [1.807, 2.05) is 49.0 Å². The van der Waals surface area contributed by atoms with Crippen molar-refractivity contribution in [2.24, 2.45) is 0 Å². The lowest BCUT2D eigenvalue weighted by Crippen LogP contribution is -2.05. The molecule has 1 aromatic carbocycles. The summed E-state index contributed by atoms with van der Waals surface area (Å²) in [6, 6.07) is 10.1. The van der Waals surface area contributed by atoms with Gasteiger partial charge in [-0.05, 0) is 27.7 Å². The fraction of sp³-hybridized carbons (Fsp3) is 0.176. The molecule has 0 spiro atoms. The van der Waals surface area contributed by atoms with Gasteiger partial charge in [0.15, 0.2) is 5.16 Å². The Hall–Kier alpha value is -1.57. The lowest BCUT2D eigenvalue weighted by atomic mass is 10.1. The van der Waals surface area contributed by atoms with Gasteiger partial charge in [-0.25, -0.2) is 4.98 Å². The molecule has 7 heteroatoms. The number of hydrogen-bond acceptors (Lipinski definition) is 6. The monoisotopic (exact) mass is 421 g/mol. The van der Waals surface area contributed by atoms with Gasteiger partial charge in [0, 0.05) is 27.8 Å². The highest BCUT2D eigenvalue weighted by Crippen LogP contribution is 2.41. The van der Waals surface area contributed by atoms with Crippen molar-refractivity contribution in [3.8, 4) is 17.0 Å². The molecule has 0 saturated heterocycles. The first-order chi connectivity index (χ1) is 11.7. The van der Waals surface area contributed by atoms with Crippen molar-refractivity contribution in [3.63, 3.8) is 0 Å². The summed E-state index contributed by atoms with van der Waals surface area (Å²) in [4.78, 5) is 9.15. The number of benzene rings is 1. The highest BCUT2D eigenvalue weighted by Gasteiger charge is 2.19. The Morgan fingerprint density at radius 3 is 2.62 bits per heavy atom. The summed E-state index contributed by atoms with van der Waals surface area (Å²) >= 11 is 6.71. The number of halogens is 1. The van der Waals surface area contributed by atoms with Crippen LogP contribution in [0.4, 0.5) is 5.82 Å². The van der Waals surface area contributed by atoms with E-state index in [0.717, 1.165) is 27.0 Å². The van der Waals surface area contributed by atoms with E-state index in [2.05, 4.69) is 36.6 Å². The molecular weight excluding hydrogens is 406 g/mol. The van der Waals surface area contributed by atoms with E-state index >= 15 is 0 Å². The van der Waals surface area contributed by atoms with Crippen molar-refractivity contribution < 1.29 is 4.74 Å². The summed E-state index contributed by atoms with van der Waals surface area (Å²) in [6.45, 7) is 0.462. The van der Waals surface area contributed by atoms with Crippen LogP contribution in [0.5, 0.6) is 5.88 Å². The quantitative estimate of drug-likeness (QED) is 0.431. The first-order valence-corrected chi connectivity index (χ1v) is 10.2. The van der Waals surface area contributed by atoms with Crippen molar-refractivity contribution in [2.75, 3.05) is 18.6 Å². The third kappa shape index (κ3) is 3.74. The molecule has 0 bridgehead atoms. The van der Waals surface area contributed by atoms with Crippen LogP contribution >= 0.6 is 39.0 Å². The number of thiophene rings is 1. The fourth-order valence-electron chi connectivity index (χ4n) is 2.23. The molecule has 0 saturated carbocycles. The number of thioether (sulfide) groups is 1. The normalized spacial score (nSPS) is 10.6. The van der Waals surface area contributed by atoms with Crippen molar-refractivity contribution in [2.45, 2.75) is 11.8 Å². The number of ether oxygens (including phenoxy) is 1. The summed E-state index contributed by atoms with van der Waals surface area (Å²) < 4.78 is 7.07. The predicted molar refractivity (Wildman–Crippen MR) is 105 cm³/mol. The molecule has 0 atom stereocenters. The van der Waals surface area contributed by atoms with Gasteiger partial charge in [-0.2, -0.15) is 16.3 Å². The molecule has 24 heavy (non-hydrogen) atoms. The van der Waals surface area contributed by atoms with Gasteiger partial charge in [-0.15, -0.1) is 0 Å². The molecular formula is C17H16BrN3OS2. The molecule has 3 aromatic rings. The summed E-state index contributed by atoms with van der Waals surface area (Å²) in [5.74, 6) is 1.35. The minimum Gasteiger partial charge on any atom is -0.472 e. The van der Waals surface area contributed by atoms with Gasteiger partial charge in [-0.3, -0.25) is 0 Å². The largest absolute Gasteiger partial charge is 0.472 e. The molecule has 0 aliphatic rings. The zero-order chi connectivity index (χ0) is 16.9. The maximum absolute atomic E-state index is 6.07. The van der Waals surface area contributed by atoms with Crippen LogP contribution in [-0.4, -0.2) is 23.3 Å². The van der Waals surface area contributed by atoms with Crippen LogP contribution in [0, 0.1) is 0 Å². The number of rotatable bonds is 6. The number of nitrogens with one attached hydrogen (secondary N) is 1. The summed E-state index contributed by atoms with van der Waals surface area (Å²) in [7, 11) is 1.86. The van der Waals surface area contributed by atoms with E-state index in [-0.39, 0.29) is 0 Å². The highest BCUT2D eigenvalue weighted by atomic mass is 79.9. The summed E-state index contributed by atoms with van der Waals surface area (Å²) in [6.07, 6.45) is 1.95. The first-order valence-electron chi connectivity index (χ1n) is 7.25. The van der Waals surface area contributed by atoms with Gasteiger partial charge < -0.3 is 10.1 Å². The van der Waals surface area contributed by atoms with E-state index < -0.39 is 0 Å². The second-order valence-corrected chi connectivity index (χ2v) is 7.27. The fourth-order valence-corrected chi connectivity index (χ4v) is 4.07. The lowest BCUT2D eigenvalue weighted by Gasteiger charge is -2.15. The zero-order valence-electron chi connectivity index (χ0n) is 13.2. The van der Waals surface area contributed by atoms with Gasteiger partial charge in [0.25, 0.3) is 0 Å². The topological polar surface area (TPSA) is 47.0 Å². The average Bonchev–Trinajstić information content (AvgIpc) is 3.05. The first kappa shape index (κ1) is 17.3. The maximum Gasteiger partial charge on any atom is 0.228 e. The Balaban J connectivity index is 2.03. The van der Waals surface area contributed by atoms with Gasteiger partial charge in [0.05, 0.1) is 5.56 Å². The van der Waals surface area contributed by atoms with E-state index in [9.17, 15) is 0 Å². The number of hydrogen-bond donors (Lipinski definition) is 1. The van der Waals surface area contributed by atoms with E-state index in [1.165, 1.54) is 11.8 Å². The van der Waals surface area contributed by atoms with Gasteiger partial charge >= 0.3 is 0 Å². The smallest absolute Gasteiger partial charge is 0.228 e. The van der Waals surface area contributed by atoms with Crippen LogP contribution in [0.1, 0.15) is 5.56 Å². The summed E-state index contributed by atoms with van der Waals surface area (Å²) in [5, 5.41) is 7.95. The average molecular weight is 422 g/mol. The Kier molecular flexibility index (Phi) is 5.76. The highest BCUT2D eigenvalue weighted by molar-refractivity contribution is 9.10. The molecule has 124 valence electrons. The molecule has 3 rings (SSSR count). The van der Waals surface area contributed by atoms with Crippen molar-refractivity contribution >= 4 is 44.8 Å². The van der Waals surface area contributed by atoms with E-state index in [4.69, 9.17) is 4.74 Å². The Bertz CT molecular complexity index is 824. The van der Waals surface area contributed by atoms with Crippen molar-refractivity contribution in [1.29, 1.82) is 0 Å². The Morgan fingerprint density at radius 2 is 2.00 bits per heavy atom. The van der Waals surface area contributed by atoms with Gasteiger partial charge in [0.2, 0.25) is 5.88 Å². The number of nitrogens with zero attached hydrogens (tertiary/aromatic N) is 2. The molecule has 2 aromatic heterocycles. The van der Waals surface area contributed by atoms with Crippen LogP contribution in [0.25, 0.3) is 11.1 Å². The third-order valence-corrected chi connectivity index (χ3v) is 5.63. The van der Waals surface area contributed by atoms with Crippen LogP contribution in [0.15, 0.2) is 50.7 Å². The van der Waals surface area contributed by atoms with Gasteiger partial charge in [0.1, 0.15) is 12.4 Å². The van der Waals surface area contributed by atoms with Crippen molar-refractivity contribution in [3.05, 3.63) is 51.1 Å². The Labute approximate surface area is 157 Å². The van der Waals surface area contributed by atoms with E-state index in [1.54, 1.807) is 11.3 Å². The van der Waals surface area contributed by atoms with Crippen LogP contribution in [0.2, 0.25) is 0 Å². The number of anilines is 1. The second kappa shape index (κ2) is 8.00.